The van der Waals surface area contributed by atoms with Gasteiger partial charge in [-0.15, -0.1) is 0 Å². The Labute approximate surface area is 235 Å². The number of rotatable bonds is 7. The molecule has 6 nitrogen and oxygen atoms in total. The zero-order valence-corrected chi connectivity index (χ0v) is 23.8. The third-order valence-corrected chi connectivity index (χ3v) is 6.15. The summed E-state index contributed by atoms with van der Waals surface area (Å²) in [4.78, 5) is 22.7. The van der Waals surface area contributed by atoms with E-state index in [1.54, 1.807) is 18.0 Å². The van der Waals surface area contributed by atoms with Gasteiger partial charge in [-0.05, 0) is 55.2 Å². The number of alkyl halides is 1. The maximum atomic E-state index is 13.4. The van der Waals surface area contributed by atoms with Gasteiger partial charge in [0.2, 0.25) is 0 Å². The number of anilines is 1. The van der Waals surface area contributed by atoms with E-state index in [0.29, 0.717) is 42.0 Å². The van der Waals surface area contributed by atoms with Crippen molar-refractivity contribution in [3.63, 3.8) is 0 Å². The number of nitrogens with two attached hydrogens (primary N) is 1. The van der Waals surface area contributed by atoms with Crippen molar-refractivity contribution in [1.82, 2.24) is 4.90 Å². The lowest BCUT2D eigenvalue weighted by Gasteiger charge is -2.27. The summed E-state index contributed by atoms with van der Waals surface area (Å²) < 4.78 is 43.9. The highest BCUT2D eigenvalue weighted by Crippen LogP contribution is 2.25. The number of hydrogen-bond acceptors (Lipinski definition) is 5. The van der Waals surface area contributed by atoms with Crippen molar-refractivity contribution in [2.45, 2.75) is 59.4 Å². The van der Waals surface area contributed by atoms with Crippen LogP contribution in [0.15, 0.2) is 75.9 Å². The molecule has 1 saturated heterocycles. The summed E-state index contributed by atoms with van der Waals surface area (Å²) in [7, 11) is 1.66. The summed E-state index contributed by atoms with van der Waals surface area (Å²) in [5.41, 5.74) is 10.2. The second-order valence-corrected chi connectivity index (χ2v) is 8.81. The summed E-state index contributed by atoms with van der Waals surface area (Å²) in [5, 5.41) is 0. The van der Waals surface area contributed by atoms with Gasteiger partial charge in [-0.3, -0.25) is 14.8 Å². The second-order valence-electron chi connectivity index (χ2n) is 8.81. The summed E-state index contributed by atoms with van der Waals surface area (Å²) >= 11 is 0. The lowest BCUT2D eigenvalue weighted by Crippen LogP contribution is -2.39. The molecular formula is C31H39F3N4O2. The predicted molar refractivity (Wildman–Crippen MR) is 156 cm³/mol. The molecule has 2 N–H and O–H groups in total. The average molecular weight is 557 g/mol. The molecule has 2 unspecified atom stereocenters. The van der Waals surface area contributed by atoms with Crippen molar-refractivity contribution >= 4 is 23.5 Å². The first-order chi connectivity index (χ1) is 19.2. The van der Waals surface area contributed by atoms with Crippen LogP contribution in [0, 0.1) is 11.6 Å². The van der Waals surface area contributed by atoms with Crippen LogP contribution in [0.25, 0.3) is 0 Å². The number of carbonyl (C=O) groups excluding carboxylic acids is 1. The summed E-state index contributed by atoms with van der Waals surface area (Å²) in [6, 6.07) is 11.2. The predicted octanol–water partition coefficient (Wildman–Crippen LogP) is 6.26. The minimum absolute atomic E-state index is 0.0234. The molecule has 9 heteroatoms. The van der Waals surface area contributed by atoms with Gasteiger partial charge in [0.1, 0.15) is 24.4 Å². The molecule has 2 atom stereocenters. The van der Waals surface area contributed by atoms with E-state index in [1.165, 1.54) is 18.3 Å². The summed E-state index contributed by atoms with van der Waals surface area (Å²) in [6.45, 7) is 8.26. The largest absolute Gasteiger partial charge is 0.399 e. The van der Waals surface area contributed by atoms with Gasteiger partial charge in [-0.2, -0.15) is 0 Å². The van der Waals surface area contributed by atoms with Crippen molar-refractivity contribution in [1.29, 1.82) is 0 Å². The third kappa shape index (κ3) is 9.19. The molecule has 0 aliphatic carbocycles. The normalized spacial score (nSPS) is 18.9. The van der Waals surface area contributed by atoms with Crippen LogP contribution in [-0.2, 0) is 22.4 Å². The minimum atomic E-state index is -1.07. The monoisotopic (exact) mass is 556 g/mol. The Balaban J connectivity index is 0.000000391. The number of nitrogen functional groups attached to an aromatic ring is 1. The van der Waals surface area contributed by atoms with E-state index in [2.05, 4.69) is 9.98 Å². The molecule has 2 aliphatic rings. The molecule has 40 heavy (non-hydrogen) atoms. The van der Waals surface area contributed by atoms with Gasteiger partial charge in [-0.1, -0.05) is 45.1 Å². The molecule has 1 fully saturated rings. The van der Waals surface area contributed by atoms with Crippen LogP contribution in [0.5, 0.6) is 0 Å². The highest BCUT2D eigenvalue weighted by Gasteiger charge is 2.36. The van der Waals surface area contributed by atoms with Crippen molar-refractivity contribution < 1.29 is 22.7 Å². The highest BCUT2D eigenvalue weighted by molar-refractivity contribution is 6.14. The molecule has 0 spiro atoms. The van der Waals surface area contributed by atoms with E-state index in [9.17, 15) is 18.0 Å². The van der Waals surface area contributed by atoms with Gasteiger partial charge in [-0.25, -0.2) is 13.2 Å². The molecule has 0 saturated carbocycles. The fourth-order valence-corrected chi connectivity index (χ4v) is 4.15. The van der Waals surface area contributed by atoms with E-state index >= 15 is 0 Å². The number of halogens is 3. The van der Waals surface area contributed by atoms with E-state index in [-0.39, 0.29) is 18.9 Å². The third-order valence-electron chi connectivity index (χ3n) is 6.15. The zero-order valence-electron chi connectivity index (χ0n) is 23.8. The van der Waals surface area contributed by atoms with Gasteiger partial charge in [0.05, 0.1) is 11.4 Å². The van der Waals surface area contributed by atoms with Crippen molar-refractivity contribution in [3.05, 3.63) is 88.6 Å². The first-order valence-corrected chi connectivity index (χ1v) is 13.5. The second kappa shape index (κ2) is 16.4. The fourth-order valence-electron chi connectivity index (χ4n) is 4.15. The molecule has 2 heterocycles. The molecule has 0 bridgehead atoms. The standard InChI is InChI=1S/C21H25FN4O2.C8H8F2.C2H6/c1-3-17(20(24-2)18-9-6-15(22)12-25-18)21-26(19(27)13-28-21)11-10-14-4-7-16(23)8-5-14;1-2-6-3-7(9)5-8(10)4-6;1-2/h3-5,7-9,12,15,21H,6,10-11,13,23H2,1-2H3;3-5H,2H2,1H3;1-2H3/b17-3+,24-20?;;. The molecule has 2 aromatic carbocycles. The maximum Gasteiger partial charge on any atom is 0.250 e. The SMILES string of the molecule is C/C=C(\C(=NC)C1=CCC(F)C=N1)C1OCC(=O)N1CCc1ccc(N)cc1.CC.CCc1cc(F)cc(F)c1. The van der Waals surface area contributed by atoms with Crippen LogP contribution in [0.3, 0.4) is 0 Å². The molecule has 0 radical (unpaired) electrons. The van der Waals surface area contributed by atoms with E-state index in [4.69, 9.17) is 10.5 Å². The molecule has 1 amide bonds. The fraction of sp³-hybridized carbons (Fsp3) is 0.387. The first kappa shape index (κ1) is 32.5. The first-order valence-electron chi connectivity index (χ1n) is 13.5. The van der Waals surface area contributed by atoms with Crippen molar-refractivity contribution in [2.75, 3.05) is 25.9 Å². The smallest absolute Gasteiger partial charge is 0.250 e. The van der Waals surface area contributed by atoms with Gasteiger partial charge in [0.25, 0.3) is 5.91 Å². The summed E-state index contributed by atoms with van der Waals surface area (Å²) in [6.07, 6.45) is 4.89. The summed E-state index contributed by atoms with van der Waals surface area (Å²) in [5.74, 6) is -1.08. The Hall–Kier alpha value is -3.72. The Bertz CT molecular complexity index is 1220. The topological polar surface area (TPSA) is 80.3 Å². The molecule has 2 aromatic rings. The van der Waals surface area contributed by atoms with Gasteiger partial charge >= 0.3 is 0 Å². The molecule has 0 aromatic heterocycles. The van der Waals surface area contributed by atoms with Crippen LogP contribution in [0.4, 0.5) is 18.9 Å². The number of benzene rings is 2. The zero-order chi connectivity index (χ0) is 29.7. The Morgan fingerprint density at radius 3 is 2.33 bits per heavy atom. The van der Waals surface area contributed by atoms with Crippen LogP contribution in [0.2, 0.25) is 0 Å². The minimum Gasteiger partial charge on any atom is -0.399 e. The number of ether oxygens (including phenoxy) is 1. The van der Waals surface area contributed by atoms with E-state index in [1.807, 2.05) is 58.0 Å². The number of hydrogen-bond donors (Lipinski definition) is 1. The number of allylic oxidation sites excluding steroid dienone is 3. The molecule has 2 aliphatic heterocycles. The van der Waals surface area contributed by atoms with Crippen molar-refractivity contribution in [3.8, 4) is 0 Å². The Morgan fingerprint density at radius 2 is 1.80 bits per heavy atom. The maximum absolute atomic E-state index is 13.4. The van der Waals surface area contributed by atoms with E-state index in [0.717, 1.165) is 17.2 Å². The lowest BCUT2D eigenvalue weighted by molar-refractivity contribution is -0.127. The Kier molecular flexibility index (Phi) is 13.3. The van der Waals surface area contributed by atoms with Crippen LogP contribution in [-0.4, -0.2) is 55.3 Å². The van der Waals surface area contributed by atoms with Gasteiger partial charge in [0, 0.05) is 43.6 Å². The number of aliphatic imine (C=N–C) groups is 2. The van der Waals surface area contributed by atoms with E-state index < -0.39 is 24.0 Å². The van der Waals surface area contributed by atoms with Crippen LogP contribution >= 0.6 is 0 Å². The number of nitrogens with zero attached hydrogens (tertiary/aromatic N) is 3. The number of aryl methyl sites for hydroxylation is 1. The molecule has 4 rings (SSSR count). The Morgan fingerprint density at radius 1 is 1.15 bits per heavy atom. The molecule has 216 valence electrons. The number of amides is 1. The van der Waals surface area contributed by atoms with Crippen LogP contribution < -0.4 is 5.73 Å². The number of carbonyl (C=O) groups is 1. The lowest BCUT2D eigenvalue weighted by atomic mass is 10.0. The van der Waals surface area contributed by atoms with Crippen LogP contribution in [0.1, 0.15) is 45.2 Å². The highest BCUT2D eigenvalue weighted by atomic mass is 19.1. The van der Waals surface area contributed by atoms with Crippen molar-refractivity contribution in [2.24, 2.45) is 9.98 Å². The quantitative estimate of drug-likeness (QED) is 0.323. The average Bonchev–Trinajstić information content (AvgIpc) is 3.32. The van der Waals surface area contributed by atoms with Gasteiger partial charge in [0.15, 0.2) is 6.23 Å². The van der Waals surface area contributed by atoms with Gasteiger partial charge < -0.3 is 15.4 Å². The molecular weight excluding hydrogens is 517 g/mol.